The van der Waals surface area contributed by atoms with Crippen LogP contribution in [0.2, 0.25) is 0 Å². The number of rotatable bonds is 6. The lowest BCUT2D eigenvalue weighted by molar-refractivity contribution is -0.384. The molecule has 8 nitrogen and oxygen atoms in total. The predicted octanol–water partition coefficient (Wildman–Crippen LogP) is 3.32. The molecule has 4 rings (SSSR count). The molecule has 2 amide bonds. The molecule has 2 saturated heterocycles. The number of nitro groups is 1. The molecule has 0 saturated carbocycles. The van der Waals surface area contributed by atoms with Crippen LogP contribution in [-0.2, 0) is 16.1 Å². The zero-order valence-corrected chi connectivity index (χ0v) is 18.5. The number of carbonyl (C=O) groups excluding carboxylic acids is 2. The summed E-state index contributed by atoms with van der Waals surface area (Å²) in [5.74, 6) is 0.690. The number of thioether (sulfide) groups is 1. The van der Waals surface area contributed by atoms with Gasteiger partial charge in [0.05, 0.1) is 16.4 Å². The molecule has 0 N–H and O–H groups in total. The van der Waals surface area contributed by atoms with Crippen LogP contribution in [0.1, 0.15) is 28.8 Å². The zero-order valence-electron chi connectivity index (χ0n) is 17.6. The fourth-order valence-electron chi connectivity index (χ4n) is 4.22. The molecule has 32 heavy (non-hydrogen) atoms. The Kier molecular flexibility index (Phi) is 6.76. The van der Waals surface area contributed by atoms with Crippen molar-refractivity contribution in [2.75, 3.05) is 32.0 Å². The second-order valence-electron chi connectivity index (χ2n) is 7.91. The normalized spacial score (nSPS) is 17.5. The first kappa shape index (κ1) is 22.3. The van der Waals surface area contributed by atoms with E-state index in [-0.39, 0.29) is 29.0 Å². The number of ether oxygens (including phenoxy) is 1. The van der Waals surface area contributed by atoms with E-state index in [1.54, 1.807) is 11.8 Å². The van der Waals surface area contributed by atoms with Gasteiger partial charge in [0.25, 0.3) is 11.6 Å². The van der Waals surface area contributed by atoms with E-state index < -0.39 is 4.92 Å². The number of benzene rings is 2. The van der Waals surface area contributed by atoms with Crippen LogP contribution >= 0.6 is 11.8 Å². The van der Waals surface area contributed by atoms with Crippen LogP contribution in [0.25, 0.3) is 0 Å². The number of carbonyl (C=O) groups is 2. The van der Waals surface area contributed by atoms with Crippen LogP contribution < -0.4 is 0 Å². The highest BCUT2D eigenvalue weighted by atomic mass is 32.2. The van der Waals surface area contributed by atoms with Crippen molar-refractivity contribution in [3.05, 3.63) is 75.8 Å². The lowest BCUT2D eigenvalue weighted by atomic mass is 10.0. The molecule has 0 unspecified atom stereocenters. The summed E-state index contributed by atoms with van der Waals surface area (Å²) in [5.41, 5.74) is 1.44. The minimum Gasteiger partial charge on any atom is -0.367 e. The summed E-state index contributed by atoms with van der Waals surface area (Å²) in [6, 6.07) is 15.5. The second kappa shape index (κ2) is 9.70. The summed E-state index contributed by atoms with van der Waals surface area (Å²) >= 11 is 1.76. The van der Waals surface area contributed by atoms with Crippen molar-refractivity contribution in [3.63, 3.8) is 0 Å². The summed E-state index contributed by atoms with van der Waals surface area (Å²) < 4.78 is 5.59. The van der Waals surface area contributed by atoms with Gasteiger partial charge in [-0.1, -0.05) is 30.3 Å². The van der Waals surface area contributed by atoms with Crippen LogP contribution in [-0.4, -0.2) is 63.4 Å². The number of hydrogen-bond acceptors (Lipinski definition) is 6. The van der Waals surface area contributed by atoms with E-state index in [0.717, 1.165) is 11.3 Å². The Morgan fingerprint density at radius 2 is 1.72 bits per heavy atom. The Morgan fingerprint density at radius 1 is 1.03 bits per heavy atom. The summed E-state index contributed by atoms with van der Waals surface area (Å²) in [6.07, 6.45) is 1.39. The number of likely N-dealkylation sites (tertiary alicyclic amines) is 1. The summed E-state index contributed by atoms with van der Waals surface area (Å²) in [4.78, 5) is 39.5. The van der Waals surface area contributed by atoms with Crippen LogP contribution in [0.5, 0.6) is 0 Å². The third kappa shape index (κ3) is 4.78. The van der Waals surface area contributed by atoms with E-state index in [1.807, 2.05) is 40.1 Å². The summed E-state index contributed by atoms with van der Waals surface area (Å²) in [6.45, 7) is 2.22. The average molecular weight is 456 g/mol. The SMILES string of the molecule is O=C(COCc1ccccc1)N1CCC2(CC1)SCCN2C(=O)c1ccc([N+](=O)[O-])cc1. The van der Waals surface area contributed by atoms with Crippen LogP contribution in [0.4, 0.5) is 5.69 Å². The van der Waals surface area contributed by atoms with E-state index in [2.05, 4.69) is 0 Å². The molecule has 0 bridgehead atoms. The van der Waals surface area contributed by atoms with Crippen LogP contribution in [0.3, 0.4) is 0 Å². The van der Waals surface area contributed by atoms with Gasteiger partial charge in [-0.05, 0) is 30.5 Å². The Labute approximate surface area is 190 Å². The van der Waals surface area contributed by atoms with E-state index in [0.29, 0.717) is 44.6 Å². The average Bonchev–Trinajstić information content (AvgIpc) is 3.22. The van der Waals surface area contributed by atoms with Gasteiger partial charge < -0.3 is 14.5 Å². The molecule has 2 heterocycles. The fraction of sp³-hybridized carbons (Fsp3) is 0.391. The molecule has 9 heteroatoms. The highest BCUT2D eigenvalue weighted by Gasteiger charge is 2.47. The van der Waals surface area contributed by atoms with Gasteiger partial charge in [-0.25, -0.2) is 0 Å². The third-order valence-corrected chi connectivity index (χ3v) is 7.53. The van der Waals surface area contributed by atoms with Gasteiger partial charge in [-0.2, -0.15) is 0 Å². The van der Waals surface area contributed by atoms with Gasteiger partial charge in [0, 0.05) is 43.1 Å². The number of nitrogens with zero attached hydrogens (tertiary/aromatic N) is 3. The first-order chi connectivity index (χ1) is 15.5. The van der Waals surface area contributed by atoms with Crippen molar-refractivity contribution in [1.29, 1.82) is 0 Å². The maximum absolute atomic E-state index is 13.1. The molecule has 2 aromatic carbocycles. The van der Waals surface area contributed by atoms with Crippen molar-refractivity contribution < 1.29 is 19.2 Å². The number of nitro benzene ring substituents is 1. The molecule has 2 fully saturated rings. The number of non-ortho nitro benzene ring substituents is 1. The predicted molar refractivity (Wildman–Crippen MR) is 121 cm³/mol. The molecular formula is C23H25N3O5S. The molecule has 1 spiro atoms. The van der Waals surface area contributed by atoms with E-state index in [1.165, 1.54) is 24.3 Å². The molecule has 2 aliphatic rings. The van der Waals surface area contributed by atoms with Crippen molar-refractivity contribution in [2.45, 2.75) is 24.3 Å². The molecule has 0 radical (unpaired) electrons. The molecule has 2 aliphatic heterocycles. The standard InChI is InChI=1S/C23H25N3O5S/c27-21(17-31-16-18-4-2-1-3-5-18)24-12-10-23(11-13-24)25(14-15-32-23)22(28)19-6-8-20(9-7-19)26(29)30/h1-9H,10-17H2. The zero-order chi connectivity index (χ0) is 22.6. The van der Waals surface area contributed by atoms with Crippen LogP contribution in [0.15, 0.2) is 54.6 Å². The highest BCUT2D eigenvalue weighted by Crippen LogP contribution is 2.44. The maximum Gasteiger partial charge on any atom is 0.269 e. The molecule has 0 aromatic heterocycles. The van der Waals surface area contributed by atoms with Crippen molar-refractivity contribution >= 4 is 29.3 Å². The fourth-order valence-corrected chi connectivity index (χ4v) is 5.67. The quantitative estimate of drug-likeness (QED) is 0.490. The highest BCUT2D eigenvalue weighted by molar-refractivity contribution is 8.00. The monoisotopic (exact) mass is 455 g/mol. The van der Waals surface area contributed by atoms with Gasteiger partial charge in [-0.3, -0.25) is 19.7 Å². The minimum atomic E-state index is -0.474. The van der Waals surface area contributed by atoms with Gasteiger partial charge in [0.1, 0.15) is 6.61 Å². The van der Waals surface area contributed by atoms with Gasteiger partial charge in [0.2, 0.25) is 5.91 Å². The van der Waals surface area contributed by atoms with E-state index in [9.17, 15) is 19.7 Å². The summed E-state index contributed by atoms with van der Waals surface area (Å²) in [5, 5.41) is 10.9. The van der Waals surface area contributed by atoms with Gasteiger partial charge in [-0.15, -0.1) is 11.8 Å². The molecule has 0 aliphatic carbocycles. The van der Waals surface area contributed by atoms with Crippen molar-refractivity contribution in [2.24, 2.45) is 0 Å². The Bertz CT molecular complexity index is 975. The number of amides is 2. The molecular weight excluding hydrogens is 430 g/mol. The number of piperidine rings is 1. The lowest BCUT2D eigenvalue weighted by Crippen LogP contribution is -2.54. The maximum atomic E-state index is 13.1. The molecule has 0 atom stereocenters. The first-order valence-electron chi connectivity index (χ1n) is 10.6. The molecule has 2 aromatic rings. The topological polar surface area (TPSA) is 93.0 Å². The minimum absolute atomic E-state index is 0.0339. The smallest absolute Gasteiger partial charge is 0.269 e. The molecule has 168 valence electrons. The summed E-state index contributed by atoms with van der Waals surface area (Å²) in [7, 11) is 0. The Morgan fingerprint density at radius 3 is 2.38 bits per heavy atom. The third-order valence-electron chi connectivity index (χ3n) is 5.98. The second-order valence-corrected chi connectivity index (χ2v) is 9.37. The lowest BCUT2D eigenvalue weighted by Gasteiger charge is -2.44. The van der Waals surface area contributed by atoms with E-state index in [4.69, 9.17) is 4.74 Å². The Balaban J connectivity index is 1.32. The van der Waals surface area contributed by atoms with E-state index >= 15 is 0 Å². The van der Waals surface area contributed by atoms with Crippen LogP contribution in [0, 0.1) is 10.1 Å². The van der Waals surface area contributed by atoms with Crippen molar-refractivity contribution in [1.82, 2.24) is 9.80 Å². The Hall–Kier alpha value is -2.91. The van der Waals surface area contributed by atoms with Gasteiger partial charge in [0.15, 0.2) is 0 Å². The first-order valence-corrected chi connectivity index (χ1v) is 11.6. The largest absolute Gasteiger partial charge is 0.367 e. The van der Waals surface area contributed by atoms with Gasteiger partial charge >= 0.3 is 0 Å². The number of hydrogen-bond donors (Lipinski definition) is 0. The van der Waals surface area contributed by atoms with Crippen molar-refractivity contribution in [3.8, 4) is 0 Å².